The average molecular weight is 336 g/mol. The summed E-state index contributed by atoms with van der Waals surface area (Å²) in [5.74, 6) is 6.57. The molecule has 0 unspecified atom stereocenters. The Morgan fingerprint density at radius 2 is 2.00 bits per heavy atom. The number of nitrogens with zero attached hydrogens (tertiary/aromatic N) is 2. The zero-order chi connectivity index (χ0) is 16.1. The molecule has 1 aromatic carbocycles. The Hall–Kier alpha value is -1.83. The molecular formula is C16H22N3O3S+. The highest BCUT2D eigenvalue weighted by atomic mass is 32.1. The number of morpholine rings is 1. The number of rotatable bonds is 6. The van der Waals surface area contributed by atoms with E-state index in [1.807, 2.05) is 24.3 Å². The van der Waals surface area contributed by atoms with Gasteiger partial charge in [0.05, 0.1) is 13.2 Å². The third kappa shape index (κ3) is 4.34. The molecule has 0 amide bonds. The number of benzene rings is 1. The molecule has 7 heteroatoms. The van der Waals surface area contributed by atoms with Crippen LogP contribution in [-0.2, 0) is 11.2 Å². The first-order valence-corrected chi connectivity index (χ1v) is 8.58. The molecule has 3 N–H and O–H groups in total. The Bertz CT molecular complexity index is 624. The minimum atomic E-state index is 0.126. The van der Waals surface area contributed by atoms with Crippen LogP contribution in [0.5, 0.6) is 11.6 Å². The number of nitrogens with two attached hydrogens (primary N) is 1. The lowest BCUT2D eigenvalue weighted by molar-refractivity contribution is -0.641. The molecule has 2 aromatic rings. The minimum absolute atomic E-state index is 0.126. The molecule has 1 saturated heterocycles. The molecule has 6 nitrogen and oxygen atoms in total. The number of hydrogen-bond acceptors (Lipinski definition) is 6. The smallest absolute Gasteiger partial charge is 0.408 e. The van der Waals surface area contributed by atoms with E-state index in [-0.39, 0.29) is 5.88 Å². The Morgan fingerprint density at radius 3 is 2.65 bits per heavy atom. The summed E-state index contributed by atoms with van der Waals surface area (Å²) in [6.45, 7) is 5.19. The summed E-state index contributed by atoms with van der Waals surface area (Å²) < 4.78 is 12.4. The molecule has 0 atom stereocenters. The molecule has 1 aliphatic heterocycles. The first-order chi connectivity index (χ1) is 11.2. The summed E-state index contributed by atoms with van der Waals surface area (Å²) in [5, 5.41) is 9.80. The predicted octanol–water partition coefficient (Wildman–Crippen LogP) is 0.757. The van der Waals surface area contributed by atoms with Crippen LogP contribution in [0, 0.1) is 0 Å². The van der Waals surface area contributed by atoms with Crippen molar-refractivity contribution in [1.82, 2.24) is 4.90 Å². The zero-order valence-electron chi connectivity index (χ0n) is 13.0. The van der Waals surface area contributed by atoms with E-state index in [0.717, 1.165) is 49.0 Å². The molecule has 2 heterocycles. The van der Waals surface area contributed by atoms with E-state index in [1.54, 1.807) is 5.51 Å². The lowest BCUT2D eigenvalue weighted by atomic mass is 10.1. The van der Waals surface area contributed by atoms with Crippen LogP contribution in [0.15, 0.2) is 29.8 Å². The Morgan fingerprint density at radius 1 is 1.26 bits per heavy atom. The normalized spacial score (nSPS) is 15.7. The summed E-state index contributed by atoms with van der Waals surface area (Å²) in [7, 11) is 0. The van der Waals surface area contributed by atoms with E-state index in [9.17, 15) is 5.11 Å². The van der Waals surface area contributed by atoms with Crippen LogP contribution in [0.3, 0.4) is 0 Å². The van der Waals surface area contributed by atoms with Gasteiger partial charge in [-0.1, -0.05) is 23.5 Å². The van der Waals surface area contributed by atoms with Crippen molar-refractivity contribution in [2.24, 2.45) is 0 Å². The molecule has 1 aromatic heterocycles. The lowest BCUT2D eigenvalue weighted by Gasteiger charge is -2.26. The van der Waals surface area contributed by atoms with Gasteiger partial charge in [-0.2, -0.15) is 0 Å². The van der Waals surface area contributed by atoms with E-state index in [2.05, 4.69) is 4.90 Å². The summed E-state index contributed by atoms with van der Waals surface area (Å²) in [5.41, 5.74) is 2.80. The van der Waals surface area contributed by atoms with E-state index in [4.69, 9.17) is 15.3 Å². The van der Waals surface area contributed by atoms with Crippen molar-refractivity contribution in [1.29, 1.82) is 0 Å². The molecule has 0 saturated carbocycles. The van der Waals surface area contributed by atoms with Crippen molar-refractivity contribution >= 4 is 11.3 Å². The minimum Gasteiger partial charge on any atom is -0.492 e. The maximum absolute atomic E-state index is 9.80. The lowest BCUT2D eigenvalue weighted by Crippen LogP contribution is -2.41. The van der Waals surface area contributed by atoms with Crippen LogP contribution in [0.2, 0.25) is 0 Å². The highest BCUT2D eigenvalue weighted by molar-refractivity contribution is 7.09. The van der Waals surface area contributed by atoms with E-state index in [0.29, 0.717) is 13.0 Å². The van der Waals surface area contributed by atoms with Crippen molar-refractivity contribution in [3.63, 3.8) is 0 Å². The Labute approximate surface area is 139 Å². The second-order valence-corrected chi connectivity index (χ2v) is 6.44. The van der Waals surface area contributed by atoms with Gasteiger partial charge >= 0.3 is 5.88 Å². The van der Waals surface area contributed by atoms with Crippen LogP contribution in [0.4, 0.5) is 0 Å². The van der Waals surface area contributed by atoms with Crippen LogP contribution < -0.4 is 15.3 Å². The van der Waals surface area contributed by atoms with Gasteiger partial charge in [0.1, 0.15) is 17.2 Å². The quantitative estimate of drug-likeness (QED) is 0.602. The number of ether oxygens (including phenoxy) is 2. The number of aromatic hydroxyl groups is 1. The second-order valence-electron chi connectivity index (χ2n) is 5.50. The summed E-state index contributed by atoms with van der Waals surface area (Å²) in [6, 6.07) is 7.97. The van der Waals surface area contributed by atoms with Crippen molar-refractivity contribution in [3.8, 4) is 11.6 Å². The third-order valence-electron chi connectivity index (χ3n) is 3.87. The third-order valence-corrected chi connectivity index (χ3v) is 4.81. The maximum atomic E-state index is 9.80. The molecular weight excluding hydrogens is 314 g/mol. The topological polar surface area (TPSA) is 71.8 Å². The van der Waals surface area contributed by atoms with Crippen molar-refractivity contribution in [3.05, 3.63) is 40.2 Å². The van der Waals surface area contributed by atoms with Gasteiger partial charge in [0.15, 0.2) is 0 Å². The van der Waals surface area contributed by atoms with Gasteiger partial charge < -0.3 is 14.6 Å². The van der Waals surface area contributed by atoms with Gasteiger partial charge in [0, 0.05) is 26.1 Å². The standard InChI is InChI=1S/C16H21N3O3S/c17-19-12-23-15(16(19)20)11-13-1-3-14(4-2-13)22-10-7-18-5-8-21-9-6-18/h1-4,12H,5-11,17H2/p+1. The highest BCUT2D eigenvalue weighted by Crippen LogP contribution is 2.22. The fourth-order valence-electron chi connectivity index (χ4n) is 2.49. The van der Waals surface area contributed by atoms with Crippen molar-refractivity contribution < 1.29 is 19.3 Å². The van der Waals surface area contributed by atoms with Crippen LogP contribution >= 0.6 is 11.3 Å². The summed E-state index contributed by atoms with van der Waals surface area (Å²) in [6.07, 6.45) is 0.661. The largest absolute Gasteiger partial charge is 0.492 e. The monoisotopic (exact) mass is 336 g/mol. The van der Waals surface area contributed by atoms with Crippen molar-refractivity contribution in [2.75, 3.05) is 45.3 Å². The van der Waals surface area contributed by atoms with Gasteiger partial charge in [0.25, 0.3) is 5.51 Å². The number of hydrogen-bond donors (Lipinski definition) is 2. The molecule has 1 aliphatic rings. The SMILES string of the molecule is N[n+]1csc(Cc2ccc(OCCN3CCOCC3)cc2)c1O. The van der Waals surface area contributed by atoms with Gasteiger partial charge in [-0.3, -0.25) is 4.90 Å². The second kappa shape index (κ2) is 7.63. The molecule has 23 heavy (non-hydrogen) atoms. The molecule has 0 spiro atoms. The van der Waals surface area contributed by atoms with Crippen LogP contribution in [-0.4, -0.2) is 49.5 Å². The van der Waals surface area contributed by atoms with E-state index >= 15 is 0 Å². The number of aromatic nitrogens is 1. The fourth-order valence-corrected chi connectivity index (χ4v) is 3.30. The zero-order valence-corrected chi connectivity index (χ0v) is 13.8. The van der Waals surface area contributed by atoms with Gasteiger partial charge in [-0.15, -0.1) is 0 Å². The van der Waals surface area contributed by atoms with E-state index in [1.165, 1.54) is 16.0 Å². The van der Waals surface area contributed by atoms with Crippen molar-refractivity contribution in [2.45, 2.75) is 6.42 Å². The maximum Gasteiger partial charge on any atom is 0.408 e. The average Bonchev–Trinajstić information content (AvgIpc) is 2.89. The summed E-state index contributed by atoms with van der Waals surface area (Å²) >= 11 is 1.45. The Balaban J connectivity index is 1.48. The van der Waals surface area contributed by atoms with Gasteiger partial charge in [-0.25, -0.2) is 5.84 Å². The molecule has 124 valence electrons. The Kier molecular flexibility index (Phi) is 5.32. The van der Waals surface area contributed by atoms with E-state index < -0.39 is 0 Å². The predicted molar refractivity (Wildman–Crippen MR) is 88.3 cm³/mol. The van der Waals surface area contributed by atoms with Crippen LogP contribution in [0.1, 0.15) is 10.4 Å². The fraction of sp³-hybridized carbons (Fsp3) is 0.438. The van der Waals surface area contributed by atoms with Gasteiger partial charge in [-0.05, 0) is 22.4 Å². The van der Waals surface area contributed by atoms with Gasteiger partial charge in [0.2, 0.25) is 0 Å². The first-order valence-electron chi connectivity index (χ1n) is 7.70. The number of thiazole rings is 1. The molecule has 1 fully saturated rings. The molecule has 3 rings (SSSR count). The first kappa shape index (κ1) is 16.0. The summed E-state index contributed by atoms with van der Waals surface area (Å²) in [4.78, 5) is 3.20. The highest BCUT2D eigenvalue weighted by Gasteiger charge is 2.16. The molecule has 0 aliphatic carbocycles. The van der Waals surface area contributed by atoms with Crippen LogP contribution in [0.25, 0.3) is 0 Å². The number of nitrogen functional groups attached to an aromatic ring is 1. The molecule has 0 bridgehead atoms. The molecule has 0 radical (unpaired) electrons.